The van der Waals surface area contributed by atoms with Crippen molar-refractivity contribution in [3.8, 4) is 0 Å². The molecule has 1 aromatic carbocycles. The van der Waals surface area contributed by atoms with Crippen molar-refractivity contribution < 1.29 is 14.6 Å². The highest BCUT2D eigenvalue weighted by Crippen LogP contribution is 2.25. The van der Waals surface area contributed by atoms with Crippen LogP contribution in [0, 0.1) is 0 Å². The van der Waals surface area contributed by atoms with Crippen LogP contribution in [0.25, 0.3) is 0 Å². The molecule has 6 heteroatoms. The van der Waals surface area contributed by atoms with Gasteiger partial charge in [0.2, 0.25) is 0 Å². The van der Waals surface area contributed by atoms with Crippen LogP contribution in [-0.4, -0.2) is 62.4 Å². The monoisotopic (exact) mass is 279 g/mol. The Morgan fingerprint density at radius 3 is 2.75 bits per heavy atom. The fourth-order valence-corrected chi connectivity index (χ4v) is 2.19. The Labute approximate surface area is 118 Å². The first kappa shape index (κ1) is 14.6. The molecule has 1 amide bonds. The quantitative estimate of drug-likeness (QED) is 0.711. The number of anilines is 2. The van der Waals surface area contributed by atoms with Gasteiger partial charge in [-0.1, -0.05) is 0 Å². The molecule has 3 N–H and O–H groups in total. The molecule has 0 spiro atoms. The Hall–Kier alpha value is -1.79. The zero-order valence-electron chi connectivity index (χ0n) is 11.7. The Morgan fingerprint density at radius 2 is 2.05 bits per heavy atom. The second-order valence-electron chi connectivity index (χ2n) is 4.62. The van der Waals surface area contributed by atoms with E-state index < -0.39 is 0 Å². The lowest BCUT2D eigenvalue weighted by molar-refractivity contribution is 0.0656. The molecule has 0 aromatic heterocycles. The predicted molar refractivity (Wildman–Crippen MR) is 78.3 cm³/mol. The first-order valence-electron chi connectivity index (χ1n) is 6.77. The molecule has 0 bridgehead atoms. The van der Waals surface area contributed by atoms with Crippen molar-refractivity contribution in [1.82, 2.24) is 4.90 Å². The molecular formula is C14H21N3O3. The third kappa shape index (κ3) is 3.40. The summed E-state index contributed by atoms with van der Waals surface area (Å²) in [6.07, 6.45) is 0. The van der Waals surface area contributed by atoms with Gasteiger partial charge in [-0.25, -0.2) is 0 Å². The molecule has 1 heterocycles. The molecule has 0 saturated carbocycles. The predicted octanol–water partition coefficient (Wildman–Crippen LogP) is 0.605. The Bertz CT molecular complexity index is 465. The van der Waals surface area contributed by atoms with Crippen molar-refractivity contribution in [1.29, 1.82) is 0 Å². The molecule has 0 atom stereocenters. The number of aliphatic hydroxyl groups excluding tert-OH is 1. The van der Waals surface area contributed by atoms with Gasteiger partial charge in [0, 0.05) is 38.9 Å². The summed E-state index contributed by atoms with van der Waals surface area (Å²) < 4.78 is 5.00. The molecule has 0 aliphatic carbocycles. The summed E-state index contributed by atoms with van der Waals surface area (Å²) in [6, 6.07) is 5.56. The zero-order valence-corrected chi connectivity index (χ0v) is 11.7. The Kier molecular flexibility index (Phi) is 5.20. The molecule has 6 nitrogen and oxygen atoms in total. The van der Waals surface area contributed by atoms with E-state index in [1.807, 2.05) is 12.1 Å². The first-order chi connectivity index (χ1) is 9.76. The van der Waals surface area contributed by atoms with Gasteiger partial charge in [0.1, 0.15) is 0 Å². The van der Waals surface area contributed by atoms with Gasteiger partial charge in [-0.05, 0) is 18.2 Å². The molecule has 1 aliphatic rings. The highest BCUT2D eigenvalue weighted by atomic mass is 16.5. The molecule has 0 unspecified atom stereocenters. The van der Waals surface area contributed by atoms with E-state index in [1.54, 1.807) is 18.1 Å². The van der Waals surface area contributed by atoms with Gasteiger partial charge in [-0.3, -0.25) is 4.79 Å². The summed E-state index contributed by atoms with van der Waals surface area (Å²) in [6.45, 7) is 2.90. The summed E-state index contributed by atoms with van der Waals surface area (Å²) in [5.41, 5.74) is 2.57. The molecule has 0 fully saturated rings. The van der Waals surface area contributed by atoms with E-state index in [4.69, 9.17) is 9.84 Å². The zero-order chi connectivity index (χ0) is 14.4. The number of methoxy groups -OCH3 is 1. The van der Waals surface area contributed by atoms with Crippen LogP contribution in [0.15, 0.2) is 18.2 Å². The van der Waals surface area contributed by atoms with Crippen molar-refractivity contribution >= 4 is 17.3 Å². The number of aliphatic hydroxyl groups is 1. The van der Waals surface area contributed by atoms with Gasteiger partial charge in [0.15, 0.2) is 0 Å². The van der Waals surface area contributed by atoms with Gasteiger partial charge in [0.05, 0.1) is 24.6 Å². The van der Waals surface area contributed by atoms with Crippen molar-refractivity contribution in [2.45, 2.75) is 0 Å². The molecule has 20 heavy (non-hydrogen) atoms. The first-order valence-corrected chi connectivity index (χ1v) is 6.77. The summed E-state index contributed by atoms with van der Waals surface area (Å²) >= 11 is 0. The van der Waals surface area contributed by atoms with Crippen LogP contribution in [0.5, 0.6) is 0 Å². The van der Waals surface area contributed by atoms with Crippen molar-refractivity contribution in [3.63, 3.8) is 0 Å². The Morgan fingerprint density at radius 1 is 1.30 bits per heavy atom. The van der Waals surface area contributed by atoms with E-state index in [0.29, 0.717) is 25.3 Å². The number of ether oxygens (including phenoxy) is 1. The average Bonchev–Trinajstić information content (AvgIpc) is 2.50. The van der Waals surface area contributed by atoms with Crippen LogP contribution in [-0.2, 0) is 4.74 Å². The molecule has 1 aromatic rings. The van der Waals surface area contributed by atoms with Gasteiger partial charge >= 0.3 is 0 Å². The van der Waals surface area contributed by atoms with E-state index >= 15 is 0 Å². The maximum atomic E-state index is 12.4. The average molecular weight is 279 g/mol. The molecule has 110 valence electrons. The van der Waals surface area contributed by atoms with Crippen LogP contribution < -0.4 is 10.6 Å². The number of carbonyl (C=O) groups is 1. The van der Waals surface area contributed by atoms with Crippen molar-refractivity contribution in [3.05, 3.63) is 23.8 Å². The lowest BCUT2D eigenvalue weighted by Crippen LogP contribution is -2.36. The van der Waals surface area contributed by atoms with E-state index in [-0.39, 0.29) is 12.5 Å². The normalized spacial score (nSPS) is 13.1. The number of hydrogen-bond acceptors (Lipinski definition) is 5. The molecular weight excluding hydrogens is 258 g/mol. The largest absolute Gasteiger partial charge is 0.395 e. The number of nitrogens with one attached hydrogen (secondary N) is 2. The summed E-state index contributed by atoms with van der Waals surface area (Å²) in [7, 11) is 1.59. The fraction of sp³-hybridized carbons (Fsp3) is 0.500. The number of hydrogen-bond donors (Lipinski definition) is 3. The van der Waals surface area contributed by atoms with E-state index in [9.17, 15) is 4.79 Å². The SMILES string of the molecule is COCCN(CCO)C(=O)c1ccc2c(c1)NCCN2. The summed E-state index contributed by atoms with van der Waals surface area (Å²) in [5.74, 6) is -0.0914. The number of nitrogens with zero attached hydrogens (tertiary/aromatic N) is 1. The topological polar surface area (TPSA) is 73.8 Å². The van der Waals surface area contributed by atoms with Gasteiger partial charge in [-0.15, -0.1) is 0 Å². The minimum atomic E-state index is -0.0914. The lowest BCUT2D eigenvalue weighted by atomic mass is 10.1. The third-order valence-corrected chi connectivity index (χ3v) is 3.24. The standard InChI is InChI=1S/C14H21N3O3/c1-20-9-7-17(6-8-18)14(19)11-2-3-12-13(10-11)16-5-4-15-12/h2-3,10,15-16,18H,4-9H2,1H3. The second kappa shape index (κ2) is 7.12. The molecule has 0 saturated heterocycles. The van der Waals surface area contributed by atoms with Crippen LogP contribution >= 0.6 is 0 Å². The van der Waals surface area contributed by atoms with Crippen LogP contribution in [0.1, 0.15) is 10.4 Å². The van der Waals surface area contributed by atoms with Crippen LogP contribution in [0.2, 0.25) is 0 Å². The highest BCUT2D eigenvalue weighted by Gasteiger charge is 2.17. The van der Waals surface area contributed by atoms with Crippen LogP contribution in [0.3, 0.4) is 0 Å². The van der Waals surface area contributed by atoms with Gasteiger partial charge < -0.3 is 25.4 Å². The minimum Gasteiger partial charge on any atom is -0.395 e. The van der Waals surface area contributed by atoms with Crippen molar-refractivity contribution in [2.75, 3.05) is 57.1 Å². The molecule has 2 rings (SSSR count). The van der Waals surface area contributed by atoms with Crippen molar-refractivity contribution in [2.24, 2.45) is 0 Å². The minimum absolute atomic E-state index is 0.0554. The third-order valence-electron chi connectivity index (χ3n) is 3.24. The number of amides is 1. The fourth-order valence-electron chi connectivity index (χ4n) is 2.19. The second-order valence-corrected chi connectivity index (χ2v) is 4.62. The highest BCUT2D eigenvalue weighted by molar-refractivity contribution is 5.96. The maximum Gasteiger partial charge on any atom is 0.254 e. The molecule has 1 aliphatic heterocycles. The molecule has 0 radical (unpaired) electrons. The number of benzene rings is 1. The van der Waals surface area contributed by atoms with Gasteiger partial charge in [0.25, 0.3) is 5.91 Å². The number of carbonyl (C=O) groups excluding carboxylic acids is 1. The summed E-state index contributed by atoms with van der Waals surface area (Å²) in [5, 5.41) is 15.6. The summed E-state index contributed by atoms with van der Waals surface area (Å²) in [4.78, 5) is 14.0. The Balaban J connectivity index is 2.13. The van der Waals surface area contributed by atoms with E-state index in [1.165, 1.54) is 0 Å². The van der Waals surface area contributed by atoms with E-state index in [2.05, 4.69) is 10.6 Å². The van der Waals surface area contributed by atoms with Crippen LogP contribution in [0.4, 0.5) is 11.4 Å². The number of fused-ring (bicyclic) bond motifs is 1. The maximum absolute atomic E-state index is 12.4. The lowest BCUT2D eigenvalue weighted by Gasteiger charge is -2.24. The van der Waals surface area contributed by atoms with Gasteiger partial charge in [-0.2, -0.15) is 0 Å². The number of rotatable bonds is 6. The van der Waals surface area contributed by atoms with E-state index in [0.717, 1.165) is 24.5 Å². The smallest absolute Gasteiger partial charge is 0.254 e.